The van der Waals surface area contributed by atoms with Crippen LogP contribution in [-0.2, 0) is 24.3 Å². The lowest BCUT2D eigenvalue weighted by Crippen LogP contribution is -2.40. The summed E-state index contributed by atoms with van der Waals surface area (Å²) in [6.07, 6.45) is 0.516. The Morgan fingerprint density at radius 1 is 1.10 bits per heavy atom. The van der Waals surface area contributed by atoms with Crippen molar-refractivity contribution in [3.8, 4) is 0 Å². The van der Waals surface area contributed by atoms with Gasteiger partial charge in [0.25, 0.3) is 5.91 Å². The Balaban J connectivity index is 1.58. The van der Waals surface area contributed by atoms with Crippen LogP contribution >= 0.6 is 0 Å². The minimum atomic E-state index is -0.950. The average Bonchev–Trinajstić information content (AvgIpc) is 3.19. The standard InChI is InChI=1S/C23H21N3O4/c1-2-24-21(27)19-11-17-16-5-3-4-6-18(16)25(20(17)13-26(19)23(24)30)12-14-7-9-15(10-8-14)22(28)29/h3-10,19H,2,11-13H2,1H3,(H,28,29). The molecule has 0 aliphatic carbocycles. The number of amides is 3. The minimum absolute atomic E-state index is 0.116. The van der Waals surface area contributed by atoms with Gasteiger partial charge in [-0.15, -0.1) is 0 Å². The normalized spacial score (nSPS) is 18.1. The average molecular weight is 403 g/mol. The molecule has 1 aromatic heterocycles. The molecule has 2 aliphatic heterocycles. The molecule has 2 aromatic carbocycles. The first-order chi connectivity index (χ1) is 14.5. The number of imide groups is 1. The van der Waals surface area contributed by atoms with Gasteiger partial charge in [-0.2, -0.15) is 0 Å². The molecular weight excluding hydrogens is 382 g/mol. The van der Waals surface area contributed by atoms with Crippen molar-refractivity contribution in [1.82, 2.24) is 14.4 Å². The van der Waals surface area contributed by atoms with E-state index in [-0.39, 0.29) is 17.5 Å². The van der Waals surface area contributed by atoms with Gasteiger partial charge in [-0.1, -0.05) is 30.3 Å². The third kappa shape index (κ3) is 2.62. The van der Waals surface area contributed by atoms with E-state index in [1.54, 1.807) is 17.0 Å². The fraction of sp³-hybridized carbons (Fsp3) is 0.261. The largest absolute Gasteiger partial charge is 0.478 e. The van der Waals surface area contributed by atoms with E-state index in [0.29, 0.717) is 26.1 Å². The first-order valence-electron chi connectivity index (χ1n) is 10.0. The predicted molar refractivity (Wildman–Crippen MR) is 110 cm³/mol. The quantitative estimate of drug-likeness (QED) is 0.679. The fourth-order valence-corrected chi connectivity index (χ4v) is 4.67. The van der Waals surface area contributed by atoms with Gasteiger partial charge in [-0.05, 0) is 36.2 Å². The Bertz CT molecular complexity index is 1200. The Morgan fingerprint density at radius 3 is 2.53 bits per heavy atom. The van der Waals surface area contributed by atoms with E-state index < -0.39 is 12.0 Å². The predicted octanol–water partition coefficient (Wildman–Crippen LogP) is 3.10. The zero-order valence-corrected chi connectivity index (χ0v) is 16.5. The number of rotatable bonds is 4. The summed E-state index contributed by atoms with van der Waals surface area (Å²) in [6, 6.07) is 14.3. The lowest BCUT2D eigenvalue weighted by Gasteiger charge is -2.28. The number of hydrogen-bond acceptors (Lipinski definition) is 3. The van der Waals surface area contributed by atoms with Crippen LogP contribution in [0.2, 0.25) is 0 Å². The molecule has 3 heterocycles. The Hall–Kier alpha value is -3.61. The number of benzene rings is 2. The molecule has 2 aliphatic rings. The van der Waals surface area contributed by atoms with Crippen LogP contribution in [0.25, 0.3) is 10.9 Å². The van der Waals surface area contributed by atoms with Crippen LogP contribution in [0.1, 0.15) is 34.1 Å². The monoisotopic (exact) mass is 403 g/mol. The molecule has 1 atom stereocenters. The maximum Gasteiger partial charge on any atom is 0.335 e. The molecule has 3 amide bonds. The first-order valence-corrected chi connectivity index (χ1v) is 10.0. The van der Waals surface area contributed by atoms with E-state index in [4.69, 9.17) is 5.11 Å². The molecule has 0 spiro atoms. The summed E-state index contributed by atoms with van der Waals surface area (Å²) in [5.74, 6) is -1.07. The van der Waals surface area contributed by atoms with E-state index in [1.807, 2.05) is 37.3 Å². The fourth-order valence-electron chi connectivity index (χ4n) is 4.67. The highest BCUT2D eigenvalue weighted by Crippen LogP contribution is 2.36. The number of nitrogens with zero attached hydrogens (tertiary/aromatic N) is 3. The number of carbonyl (C=O) groups excluding carboxylic acids is 2. The number of carboxylic acids is 1. The van der Waals surface area contributed by atoms with Gasteiger partial charge in [0, 0.05) is 36.1 Å². The zero-order chi connectivity index (χ0) is 21.0. The Kier molecular flexibility index (Phi) is 4.13. The number of likely N-dealkylation sites (N-methyl/N-ethyl adjacent to an activating group) is 1. The third-order valence-electron chi connectivity index (χ3n) is 6.17. The number of urea groups is 1. The number of carbonyl (C=O) groups is 3. The van der Waals surface area contributed by atoms with Crippen molar-refractivity contribution < 1.29 is 19.5 Å². The summed E-state index contributed by atoms with van der Waals surface area (Å²) in [6.45, 7) is 3.15. The van der Waals surface area contributed by atoms with Gasteiger partial charge in [-0.25, -0.2) is 9.59 Å². The van der Waals surface area contributed by atoms with Gasteiger partial charge >= 0.3 is 12.0 Å². The molecular formula is C23H21N3O4. The van der Waals surface area contributed by atoms with E-state index in [1.165, 1.54) is 4.90 Å². The van der Waals surface area contributed by atoms with E-state index in [0.717, 1.165) is 27.7 Å². The zero-order valence-electron chi connectivity index (χ0n) is 16.5. The maximum atomic E-state index is 12.7. The summed E-state index contributed by atoms with van der Waals surface area (Å²) >= 11 is 0. The van der Waals surface area contributed by atoms with E-state index in [2.05, 4.69) is 10.6 Å². The molecule has 30 heavy (non-hydrogen) atoms. The van der Waals surface area contributed by atoms with Gasteiger partial charge in [0.2, 0.25) is 0 Å². The topological polar surface area (TPSA) is 82.8 Å². The van der Waals surface area contributed by atoms with E-state index >= 15 is 0 Å². The summed E-state index contributed by atoms with van der Waals surface area (Å²) in [5.41, 5.74) is 4.44. The minimum Gasteiger partial charge on any atom is -0.478 e. The summed E-state index contributed by atoms with van der Waals surface area (Å²) < 4.78 is 2.18. The van der Waals surface area contributed by atoms with Crippen molar-refractivity contribution in [3.05, 3.63) is 70.9 Å². The molecule has 1 N–H and O–H groups in total. The van der Waals surface area contributed by atoms with Crippen LogP contribution in [0, 0.1) is 0 Å². The number of aromatic carboxylic acids is 1. The highest BCUT2D eigenvalue weighted by atomic mass is 16.4. The second-order valence-corrected chi connectivity index (χ2v) is 7.74. The molecule has 7 heteroatoms. The van der Waals surface area contributed by atoms with Gasteiger partial charge in [-0.3, -0.25) is 9.69 Å². The second-order valence-electron chi connectivity index (χ2n) is 7.74. The first kappa shape index (κ1) is 18.4. The van der Waals surface area contributed by atoms with Gasteiger partial charge in [0.1, 0.15) is 6.04 Å². The number of fused-ring (bicyclic) bond motifs is 4. The molecule has 0 saturated carbocycles. The molecule has 0 radical (unpaired) electrons. The van der Waals surface area contributed by atoms with Crippen LogP contribution in [0.4, 0.5) is 4.79 Å². The highest BCUT2D eigenvalue weighted by Gasteiger charge is 2.47. The molecule has 152 valence electrons. The SMILES string of the molecule is CCN1C(=O)C2Cc3c(n(Cc4ccc(C(=O)O)cc4)c4ccccc34)CN2C1=O. The highest BCUT2D eigenvalue weighted by molar-refractivity contribution is 6.05. The van der Waals surface area contributed by atoms with Crippen molar-refractivity contribution in [1.29, 1.82) is 0 Å². The molecule has 1 fully saturated rings. The third-order valence-corrected chi connectivity index (χ3v) is 6.17. The molecule has 1 saturated heterocycles. The molecule has 3 aromatic rings. The van der Waals surface area contributed by atoms with Crippen LogP contribution in [0.5, 0.6) is 0 Å². The summed E-state index contributed by atoms with van der Waals surface area (Å²) in [4.78, 5) is 39.6. The van der Waals surface area contributed by atoms with Crippen molar-refractivity contribution in [2.75, 3.05) is 6.54 Å². The number of para-hydroxylation sites is 1. The summed E-state index contributed by atoms with van der Waals surface area (Å²) in [7, 11) is 0. The number of aromatic nitrogens is 1. The van der Waals surface area contributed by atoms with Gasteiger partial charge in [0.05, 0.1) is 12.1 Å². The molecule has 5 rings (SSSR count). The van der Waals surface area contributed by atoms with Crippen LogP contribution in [-0.4, -0.2) is 50.0 Å². The molecule has 1 unspecified atom stereocenters. The Morgan fingerprint density at radius 2 is 1.83 bits per heavy atom. The number of carboxylic acid groups (broad SMARTS) is 1. The Labute approximate surface area is 173 Å². The van der Waals surface area contributed by atoms with Crippen molar-refractivity contribution >= 4 is 28.8 Å². The van der Waals surface area contributed by atoms with E-state index in [9.17, 15) is 14.4 Å². The summed E-state index contributed by atoms with van der Waals surface area (Å²) in [5, 5.41) is 10.2. The van der Waals surface area contributed by atoms with Gasteiger partial charge in [0.15, 0.2) is 0 Å². The molecule has 7 nitrogen and oxygen atoms in total. The van der Waals surface area contributed by atoms with Crippen LogP contribution in [0.15, 0.2) is 48.5 Å². The van der Waals surface area contributed by atoms with Gasteiger partial charge < -0.3 is 14.6 Å². The smallest absolute Gasteiger partial charge is 0.335 e. The number of hydrogen-bond donors (Lipinski definition) is 1. The lowest BCUT2D eigenvalue weighted by molar-refractivity contribution is -0.128. The molecule has 0 bridgehead atoms. The second kappa shape index (κ2) is 6.73. The van der Waals surface area contributed by atoms with Crippen molar-refractivity contribution in [2.45, 2.75) is 32.5 Å². The van der Waals surface area contributed by atoms with Crippen LogP contribution in [0.3, 0.4) is 0 Å². The maximum absolute atomic E-state index is 12.7. The van der Waals surface area contributed by atoms with Crippen LogP contribution < -0.4 is 0 Å². The van der Waals surface area contributed by atoms with Crippen molar-refractivity contribution in [3.63, 3.8) is 0 Å². The lowest BCUT2D eigenvalue weighted by atomic mass is 9.97. The van der Waals surface area contributed by atoms with Crippen molar-refractivity contribution in [2.24, 2.45) is 0 Å².